The molecule has 0 aliphatic heterocycles. The molecule has 0 rings (SSSR count). The summed E-state index contributed by atoms with van der Waals surface area (Å²) in [5.74, 6) is -2.57. The fraction of sp³-hybridized carbons (Fsp3) is 0.400. The number of hydrogen-bond acceptors (Lipinski definition) is 4. The Hall–Kier alpha value is -0.940. The summed E-state index contributed by atoms with van der Waals surface area (Å²) in [5.41, 5.74) is 0. The summed E-state index contributed by atoms with van der Waals surface area (Å²) in [6.45, 7) is -1.05. The number of thiocarbonyl (C=S) groups is 1. The molecule has 13 N–H and O–H groups in total. The summed E-state index contributed by atoms with van der Waals surface area (Å²) in [6.07, 6.45) is 0. The molecule has 0 radical (unpaired) electrons. The van der Waals surface area contributed by atoms with Gasteiger partial charge in [0.05, 0.1) is 12.5 Å². The van der Waals surface area contributed by atoms with Gasteiger partial charge in [-0.05, 0) is 0 Å². The van der Waals surface area contributed by atoms with E-state index in [4.69, 9.17) is 5.11 Å². The smallest absolute Gasteiger partial charge is 0.323 e. The highest BCUT2D eigenvalue weighted by molar-refractivity contribution is 8.10. The maximum atomic E-state index is 10.1. The van der Waals surface area contributed by atoms with Crippen molar-refractivity contribution >= 4 is 41.1 Å². The van der Waals surface area contributed by atoms with Crippen LogP contribution in [0.15, 0.2) is 0 Å². The first kappa shape index (κ1) is 23.7. The lowest BCUT2D eigenvalue weighted by molar-refractivity contribution is -0.305. The number of thiol groups is 1. The van der Waals surface area contributed by atoms with Crippen molar-refractivity contribution in [3.05, 3.63) is 0 Å². The van der Waals surface area contributed by atoms with Crippen molar-refractivity contribution in [2.45, 2.75) is 0 Å². The van der Waals surface area contributed by atoms with E-state index in [0.717, 1.165) is 4.90 Å². The summed E-state index contributed by atoms with van der Waals surface area (Å²) >= 11 is 8.13. The highest BCUT2D eigenvalue weighted by Crippen LogP contribution is 1.95. The zero-order valence-corrected chi connectivity index (χ0v) is 10.6. The van der Waals surface area contributed by atoms with E-state index in [-0.39, 0.29) is 22.8 Å². The molecule has 0 aliphatic rings. The van der Waals surface area contributed by atoms with Gasteiger partial charge in [0.25, 0.3) is 0 Å². The molecule has 0 amide bonds. The molecule has 0 aromatic rings. The molecule has 0 bridgehead atoms. The second-order valence-corrected chi connectivity index (χ2v) is 3.02. The molecule has 0 aromatic carbocycles. The van der Waals surface area contributed by atoms with Gasteiger partial charge in [-0.3, -0.25) is 4.79 Å². The van der Waals surface area contributed by atoms with Gasteiger partial charge in [-0.2, -0.15) is 0 Å². The van der Waals surface area contributed by atoms with Crippen molar-refractivity contribution in [2.24, 2.45) is 0 Å². The predicted octanol–water partition coefficient (Wildman–Crippen LogP) is -0.534. The second kappa shape index (κ2) is 11.1. The van der Waals surface area contributed by atoms with Crippen LogP contribution in [-0.4, -0.2) is 39.4 Å². The second-order valence-electron chi connectivity index (χ2n) is 1.90. The molecule has 0 aromatic heterocycles. The maximum Gasteiger partial charge on any atom is 0.323 e. The Morgan fingerprint density at radius 3 is 1.87 bits per heavy atom. The number of hydrogen-bond donors (Lipinski definition) is 5. The van der Waals surface area contributed by atoms with E-state index < -0.39 is 25.0 Å². The van der Waals surface area contributed by atoms with Gasteiger partial charge in [0, 0.05) is 0 Å². The molecule has 0 saturated carbocycles. The van der Waals surface area contributed by atoms with Gasteiger partial charge in [0.1, 0.15) is 10.9 Å². The SMILES string of the molecule is O=C([O-])CN(CC(=O)O)C(=S)S.[NH4+].[NH4+].[NH4+]. The molecule has 92 valence electrons. The minimum atomic E-state index is -1.40. The fourth-order valence-corrected chi connectivity index (χ4v) is 0.781. The first-order valence-electron chi connectivity index (χ1n) is 2.83. The maximum absolute atomic E-state index is 10.1. The number of rotatable bonds is 4. The summed E-state index contributed by atoms with van der Waals surface area (Å²) in [4.78, 5) is 21.1. The van der Waals surface area contributed by atoms with E-state index >= 15 is 0 Å². The van der Waals surface area contributed by atoms with Crippen molar-refractivity contribution in [1.29, 1.82) is 0 Å². The van der Waals surface area contributed by atoms with Gasteiger partial charge in [-0.15, -0.1) is 12.6 Å². The first-order valence-corrected chi connectivity index (χ1v) is 3.68. The Bertz CT molecular complexity index is 209. The monoisotopic (exact) mass is 262 g/mol. The largest absolute Gasteiger partial charge is 0.548 e. The molecule has 0 saturated heterocycles. The average molecular weight is 262 g/mol. The molecule has 0 unspecified atom stereocenters. The Morgan fingerprint density at radius 2 is 1.67 bits per heavy atom. The number of carboxylic acid groups (broad SMARTS) is 2. The van der Waals surface area contributed by atoms with E-state index in [1.165, 1.54) is 0 Å². The van der Waals surface area contributed by atoms with Crippen molar-refractivity contribution in [3.63, 3.8) is 0 Å². The topological polar surface area (TPSA) is 190 Å². The zero-order valence-electron chi connectivity index (χ0n) is 8.89. The zero-order chi connectivity index (χ0) is 9.72. The van der Waals surface area contributed by atoms with Crippen molar-refractivity contribution in [3.8, 4) is 0 Å². The van der Waals surface area contributed by atoms with Gasteiger partial charge in [-0.25, -0.2) is 0 Å². The van der Waals surface area contributed by atoms with Gasteiger partial charge in [-0.1, -0.05) is 12.2 Å². The van der Waals surface area contributed by atoms with E-state index in [1.54, 1.807) is 0 Å². The van der Waals surface area contributed by atoms with Crippen LogP contribution in [0.4, 0.5) is 0 Å². The van der Waals surface area contributed by atoms with Gasteiger partial charge in [0.2, 0.25) is 0 Å². The van der Waals surface area contributed by atoms with Crippen molar-refractivity contribution < 1.29 is 19.8 Å². The van der Waals surface area contributed by atoms with E-state index in [9.17, 15) is 14.7 Å². The van der Waals surface area contributed by atoms with Crippen molar-refractivity contribution in [1.82, 2.24) is 23.4 Å². The quantitative estimate of drug-likeness (QED) is 0.334. The summed E-state index contributed by atoms with van der Waals surface area (Å²) < 4.78 is -0.0819. The van der Waals surface area contributed by atoms with Crippen LogP contribution in [0.2, 0.25) is 0 Å². The molecule has 0 atom stereocenters. The molecule has 15 heavy (non-hydrogen) atoms. The highest BCUT2D eigenvalue weighted by atomic mass is 32.1. The molecule has 10 heteroatoms. The van der Waals surface area contributed by atoms with Crippen LogP contribution in [-0.2, 0) is 9.59 Å². The minimum absolute atomic E-state index is 0. The number of quaternary nitrogens is 3. The Balaban J connectivity index is -0.000000202. The molecule has 0 heterocycles. The minimum Gasteiger partial charge on any atom is -0.548 e. The average Bonchev–Trinajstić information content (AvgIpc) is 1.83. The van der Waals surface area contributed by atoms with Crippen LogP contribution < -0.4 is 23.6 Å². The van der Waals surface area contributed by atoms with Crippen molar-refractivity contribution in [2.75, 3.05) is 13.1 Å². The van der Waals surface area contributed by atoms with Gasteiger partial charge >= 0.3 is 5.97 Å². The Labute approximate surface area is 97.8 Å². The molecule has 8 nitrogen and oxygen atoms in total. The molecular weight excluding hydrogens is 244 g/mol. The lowest BCUT2D eigenvalue weighted by Crippen LogP contribution is -2.41. The van der Waals surface area contributed by atoms with Crippen LogP contribution >= 0.6 is 24.8 Å². The third kappa shape index (κ3) is 13.1. The van der Waals surface area contributed by atoms with Crippen LogP contribution in [0, 0.1) is 0 Å². The third-order valence-corrected chi connectivity index (χ3v) is 1.46. The number of carboxylic acids is 2. The third-order valence-electron chi connectivity index (χ3n) is 0.917. The number of nitrogens with zero attached hydrogens (tertiary/aromatic N) is 1. The lowest BCUT2D eigenvalue weighted by Gasteiger charge is -2.20. The summed E-state index contributed by atoms with van der Waals surface area (Å²) in [6, 6.07) is 0. The van der Waals surface area contributed by atoms with E-state index in [2.05, 4.69) is 24.8 Å². The van der Waals surface area contributed by atoms with Crippen LogP contribution in [0.25, 0.3) is 0 Å². The first-order chi connectivity index (χ1) is 5.43. The summed E-state index contributed by atoms with van der Waals surface area (Å²) in [5, 5.41) is 18.4. The molecule has 0 fully saturated rings. The van der Waals surface area contributed by atoms with Gasteiger partial charge in [0.15, 0.2) is 0 Å². The van der Waals surface area contributed by atoms with Gasteiger partial charge < -0.3 is 38.4 Å². The number of carbonyl (C=O) groups excluding carboxylic acids is 1. The van der Waals surface area contributed by atoms with E-state index in [0.29, 0.717) is 0 Å². The fourth-order valence-electron chi connectivity index (χ4n) is 0.510. The number of carbonyl (C=O) groups is 2. The Kier molecular flexibility index (Phi) is 17.6. The number of aliphatic carboxylic acids is 2. The van der Waals surface area contributed by atoms with Crippen LogP contribution in [0.3, 0.4) is 0 Å². The molecular formula is C5H18N4O4S2+2. The highest BCUT2D eigenvalue weighted by Gasteiger charge is 2.10. The predicted molar refractivity (Wildman–Crippen MR) is 63.8 cm³/mol. The molecule has 0 aliphatic carbocycles. The van der Waals surface area contributed by atoms with Crippen LogP contribution in [0.5, 0.6) is 0 Å². The summed E-state index contributed by atoms with van der Waals surface area (Å²) in [7, 11) is 0. The van der Waals surface area contributed by atoms with E-state index in [1.807, 2.05) is 0 Å². The normalized spacial score (nSPS) is 7.27. The van der Waals surface area contributed by atoms with Crippen LogP contribution in [0.1, 0.15) is 0 Å². The lowest BCUT2D eigenvalue weighted by atomic mass is 10.5. The Morgan fingerprint density at radius 1 is 1.27 bits per heavy atom. The standard InChI is InChI=1S/C5H7NO4S2.3H3N/c7-3(8)1-6(5(11)12)2-4(9)10;;;/h1-2H2,(H,7,8)(H,9,10)(H,11,12);3*1H3/p+2. The molecule has 0 spiro atoms.